The lowest BCUT2D eigenvalue weighted by Gasteiger charge is -2.23. The zero-order valence-corrected chi connectivity index (χ0v) is 18.5. The quantitative estimate of drug-likeness (QED) is 0.445. The van der Waals surface area contributed by atoms with E-state index in [2.05, 4.69) is 16.4 Å². The first-order valence-electron chi connectivity index (χ1n) is 10.2. The molecule has 0 aliphatic heterocycles. The van der Waals surface area contributed by atoms with Gasteiger partial charge < -0.3 is 15.2 Å². The van der Waals surface area contributed by atoms with Crippen molar-refractivity contribution in [3.05, 3.63) is 104 Å². The molecular weight excluding hydrogens is 406 g/mol. The lowest BCUT2D eigenvalue weighted by Crippen LogP contribution is -2.39. The molecule has 4 rings (SSSR count). The molecular formula is C25H25N3O2S. The number of hydrogen-bond acceptors (Lipinski definition) is 3. The van der Waals surface area contributed by atoms with Crippen LogP contribution in [0.1, 0.15) is 27.1 Å². The van der Waals surface area contributed by atoms with Crippen molar-refractivity contribution in [2.75, 3.05) is 0 Å². The van der Waals surface area contributed by atoms with Gasteiger partial charge in [-0.05, 0) is 53.4 Å². The van der Waals surface area contributed by atoms with Gasteiger partial charge in [-0.25, -0.2) is 4.79 Å². The van der Waals surface area contributed by atoms with Crippen molar-refractivity contribution in [1.29, 1.82) is 0 Å². The third-order valence-corrected chi connectivity index (χ3v) is 6.35. The summed E-state index contributed by atoms with van der Waals surface area (Å²) >= 11 is 1.60. The molecule has 158 valence electrons. The molecule has 4 aromatic rings. The Morgan fingerprint density at radius 1 is 1.03 bits per heavy atom. The highest BCUT2D eigenvalue weighted by Gasteiger charge is 2.17. The summed E-state index contributed by atoms with van der Waals surface area (Å²) in [7, 11) is 0. The molecule has 0 fully saturated rings. The van der Waals surface area contributed by atoms with E-state index in [4.69, 9.17) is 0 Å². The summed E-state index contributed by atoms with van der Waals surface area (Å²) in [5.41, 5.74) is 4.50. The minimum absolute atomic E-state index is 0.159. The summed E-state index contributed by atoms with van der Waals surface area (Å²) in [5.74, 6) is 0. The molecule has 2 aromatic carbocycles. The topological polar surface area (TPSA) is 65.2 Å². The van der Waals surface area contributed by atoms with Crippen LogP contribution in [0.3, 0.4) is 0 Å². The van der Waals surface area contributed by atoms with Gasteiger partial charge in [0.15, 0.2) is 0 Å². The van der Waals surface area contributed by atoms with Gasteiger partial charge in [-0.1, -0.05) is 48.5 Å². The van der Waals surface area contributed by atoms with Crippen LogP contribution in [-0.4, -0.2) is 15.9 Å². The number of nitrogens with one attached hydrogen (secondary N) is 2. The van der Waals surface area contributed by atoms with Gasteiger partial charge in [0.2, 0.25) is 0 Å². The molecule has 2 amide bonds. The first-order chi connectivity index (χ1) is 15.0. The van der Waals surface area contributed by atoms with E-state index in [9.17, 15) is 9.59 Å². The zero-order chi connectivity index (χ0) is 21.8. The third-order valence-electron chi connectivity index (χ3n) is 5.49. The van der Waals surface area contributed by atoms with Crippen LogP contribution in [0, 0.1) is 13.8 Å². The van der Waals surface area contributed by atoms with Gasteiger partial charge in [0.05, 0.1) is 18.6 Å². The summed E-state index contributed by atoms with van der Waals surface area (Å²) in [5, 5.41) is 5.94. The normalized spacial score (nSPS) is 10.9. The van der Waals surface area contributed by atoms with E-state index in [0.717, 1.165) is 32.5 Å². The van der Waals surface area contributed by atoms with Crippen LogP contribution >= 0.6 is 11.3 Å². The standard InChI is InChI=1S/C25H25N3O2S/c1-17-10-11-20-13-21(24(29)27-23(20)18(17)2)15-28(16-22-9-6-12-31-22)25(30)26-14-19-7-4-3-5-8-19/h3-13H,14-16H2,1-2H3,(H,26,30)(H,27,29). The number of H-pyrrole nitrogens is 1. The van der Waals surface area contributed by atoms with E-state index in [1.165, 1.54) is 0 Å². The minimum atomic E-state index is -0.197. The van der Waals surface area contributed by atoms with E-state index in [1.807, 2.05) is 73.8 Å². The molecule has 2 N–H and O–H groups in total. The van der Waals surface area contributed by atoms with Crippen LogP contribution in [-0.2, 0) is 19.6 Å². The number of fused-ring (bicyclic) bond motifs is 1. The van der Waals surface area contributed by atoms with Gasteiger partial charge in [-0.2, -0.15) is 0 Å². The Bertz CT molecular complexity index is 1250. The molecule has 2 aromatic heterocycles. The Kier molecular flexibility index (Phi) is 6.18. The Hall–Kier alpha value is -3.38. The van der Waals surface area contributed by atoms with E-state index in [1.54, 1.807) is 16.2 Å². The van der Waals surface area contributed by atoms with Crippen LogP contribution in [0.4, 0.5) is 4.79 Å². The van der Waals surface area contributed by atoms with Crippen molar-refractivity contribution < 1.29 is 4.79 Å². The monoisotopic (exact) mass is 431 g/mol. The summed E-state index contributed by atoms with van der Waals surface area (Å²) < 4.78 is 0. The highest BCUT2D eigenvalue weighted by molar-refractivity contribution is 7.09. The Balaban J connectivity index is 1.59. The molecule has 0 atom stereocenters. The van der Waals surface area contributed by atoms with Crippen molar-refractivity contribution in [1.82, 2.24) is 15.2 Å². The first-order valence-corrected chi connectivity index (χ1v) is 11.1. The molecule has 2 heterocycles. The van der Waals surface area contributed by atoms with E-state index >= 15 is 0 Å². The van der Waals surface area contributed by atoms with Gasteiger partial charge in [-0.3, -0.25) is 4.79 Å². The zero-order valence-electron chi connectivity index (χ0n) is 17.6. The number of nitrogens with zero attached hydrogens (tertiary/aromatic N) is 1. The highest BCUT2D eigenvalue weighted by Crippen LogP contribution is 2.20. The molecule has 5 nitrogen and oxygen atoms in total. The van der Waals surface area contributed by atoms with Crippen molar-refractivity contribution in [3.8, 4) is 0 Å². The van der Waals surface area contributed by atoms with Crippen LogP contribution in [0.5, 0.6) is 0 Å². The van der Waals surface area contributed by atoms with Crippen molar-refractivity contribution in [2.45, 2.75) is 33.5 Å². The molecule has 0 saturated heterocycles. The van der Waals surface area contributed by atoms with Crippen LogP contribution in [0.2, 0.25) is 0 Å². The average Bonchev–Trinajstić information content (AvgIpc) is 3.29. The number of amides is 2. The third kappa shape index (κ3) is 4.86. The Labute approximate surface area is 185 Å². The molecule has 0 aliphatic rings. The number of hydrogen-bond donors (Lipinski definition) is 2. The molecule has 0 aliphatic carbocycles. The molecule has 0 bridgehead atoms. The maximum absolute atomic E-state index is 13.0. The second-order valence-corrected chi connectivity index (χ2v) is 8.71. The smallest absolute Gasteiger partial charge is 0.318 e. The Morgan fingerprint density at radius 3 is 2.58 bits per heavy atom. The van der Waals surface area contributed by atoms with E-state index < -0.39 is 0 Å². The average molecular weight is 432 g/mol. The van der Waals surface area contributed by atoms with Crippen LogP contribution in [0.25, 0.3) is 10.9 Å². The van der Waals surface area contributed by atoms with Gasteiger partial charge in [0, 0.05) is 17.0 Å². The lowest BCUT2D eigenvalue weighted by molar-refractivity contribution is 0.192. The number of aromatic nitrogens is 1. The maximum Gasteiger partial charge on any atom is 0.318 e. The van der Waals surface area contributed by atoms with E-state index in [0.29, 0.717) is 18.7 Å². The molecule has 0 spiro atoms. The fourth-order valence-corrected chi connectivity index (χ4v) is 4.29. The predicted molar refractivity (Wildman–Crippen MR) is 126 cm³/mol. The van der Waals surface area contributed by atoms with Gasteiger partial charge >= 0.3 is 6.03 Å². The van der Waals surface area contributed by atoms with Crippen molar-refractivity contribution in [3.63, 3.8) is 0 Å². The van der Waals surface area contributed by atoms with Gasteiger partial charge in [0.25, 0.3) is 5.56 Å². The second-order valence-electron chi connectivity index (χ2n) is 7.68. The number of carbonyl (C=O) groups excluding carboxylic acids is 1. The number of carbonyl (C=O) groups is 1. The first kappa shape index (κ1) is 20.9. The number of aryl methyl sites for hydroxylation is 2. The maximum atomic E-state index is 13.0. The minimum Gasteiger partial charge on any atom is -0.334 e. The van der Waals surface area contributed by atoms with Crippen LogP contribution < -0.4 is 10.9 Å². The number of aromatic amines is 1. The fourth-order valence-electron chi connectivity index (χ4n) is 3.57. The number of urea groups is 1. The summed E-state index contributed by atoms with van der Waals surface area (Å²) in [6.45, 7) is 5.15. The highest BCUT2D eigenvalue weighted by atomic mass is 32.1. The molecule has 6 heteroatoms. The second kappa shape index (κ2) is 9.18. The molecule has 0 unspecified atom stereocenters. The molecule has 0 saturated carbocycles. The SMILES string of the molecule is Cc1ccc2cc(CN(Cc3cccs3)C(=O)NCc3ccccc3)c(=O)[nH]c2c1C. The summed E-state index contributed by atoms with van der Waals surface area (Å²) in [6, 6.07) is 19.5. The number of benzene rings is 2. The van der Waals surface area contributed by atoms with Crippen LogP contribution in [0.15, 0.2) is 70.8 Å². The van der Waals surface area contributed by atoms with Crippen molar-refractivity contribution >= 4 is 28.3 Å². The van der Waals surface area contributed by atoms with Gasteiger partial charge in [0.1, 0.15) is 0 Å². The summed E-state index contributed by atoms with van der Waals surface area (Å²) in [6.07, 6.45) is 0. The predicted octanol–water partition coefficient (Wildman–Crippen LogP) is 5.12. The number of pyridine rings is 1. The lowest BCUT2D eigenvalue weighted by atomic mass is 10.0. The number of thiophene rings is 1. The fraction of sp³-hybridized carbons (Fsp3) is 0.200. The van der Waals surface area contributed by atoms with Gasteiger partial charge in [-0.15, -0.1) is 11.3 Å². The summed E-state index contributed by atoms with van der Waals surface area (Å²) in [4.78, 5) is 31.6. The molecule has 31 heavy (non-hydrogen) atoms. The van der Waals surface area contributed by atoms with E-state index in [-0.39, 0.29) is 18.1 Å². The van der Waals surface area contributed by atoms with Crippen molar-refractivity contribution in [2.24, 2.45) is 0 Å². The Morgan fingerprint density at radius 2 is 1.84 bits per heavy atom. The number of rotatable bonds is 6. The molecule has 0 radical (unpaired) electrons. The largest absolute Gasteiger partial charge is 0.334 e.